The summed E-state index contributed by atoms with van der Waals surface area (Å²) in [7, 11) is 0. The van der Waals surface area contributed by atoms with E-state index >= 15 is 0 Å². The Bertz CT molecular complexity index is 1180. The number of aliphatic hydroxyl groups excluding tert-OH is 1. The van der Waals surface area contributed by atoms with Gasteiger partial charge in [0.1, 0.15) is 5.82 Å². The second-order valence-corrected chi connectivity index (χ2v) is 8.39. The molecule has 3 rings (SSSR count). The number of nitrogens with one attached hydrogen (secondary N) is 2. The largest absolute Gasteiger partial charge is 0.383 e. The Morgan fingerprint density at radius 3 is 2.58 bits per heavy atom. The average Bonchev–Trinajstić information content (AvgIpc) is 2.78. The zero-order valence-corrected chi connectivity index (χ0v) is 19.5. The van der Waals surface area contributed by atoms with Crippen LogP contribution in [0, 0.1) is 0 Å². The predicted molar refractivity (Wildman–Crippen MR) is 131 cm³/mol. The highest BCUT2D eigenvalue weighted by molar-refractivity contribution is 6.30. The van der Waals surface area contributed by atoms with Crippen LogP contribution in [0.1, 0.15) is 48.4 Å². The number of aliphatic hydroxyl groups is 1. The van der Waals surface area contributed by atoms with Gasteiger partial charge in [0.05, 0.1) is 5.56 Å². The molecule has 0 aliphatic rings. The maximum Gasteiger partial charge on any atom is 0.257 e. The van der Waals surface area contributed by atoms with Gasteiger partial charge in [0.25, 0.3) is 11.8 Å². The summed E-state index contributed by atoms with van der Waals surface area (Å²) in [5, 5.41) is 16.4. The summed E-state index contributed by atoms with van der Waals surface area (Å²) in [6, 6.07) is 13.6. The number of carbonyl (C=O) groups excluding carboxylic acids is 2. The van der Waals surface area contributed by atoms with E-state index in [2.05, 4.69) is 15.6 Å². The van der Waals surface area contributed by atoms with Gasteiger partial charge in [-0.05, 0) is 67.3 Å². The van der Waals surface area contributed by atoms with E-state index in [-0.39, 0.29) is 17.8 Å². The Morgan fingerprint density at radius 2 is 1.91 bits per heavy atom. The molecule has 1 unspecified atom stereocenters. The van der Waals surface area contributed by atoms with Gasteiger partial charge in [-0.25, -0.2) is 4.98 Å². The number of halogens is 1. The van der Waals surface area contributed by atoms with Crippen LogP contribution < -0.4 is 16.4 Å². The Hall–Kier alpha value is -3.42. The Morgan fingerprint density at radius 1 is 1.15 bits per heavy atom. The van der Waals surface area contributed by atoms with Gasteiger partial charge in [0, 0.05) is 28.5 Å². The van der Waals surface area contributed by atoms with E-state index in [1.54, 1.807) is 42.6 Å². The quantitative estimate of drug-likeness (QED) is 0.412. The van der Waals surface area contributed by atoms with Gasteiger partial charge in [-0.1, -0.05) is 36.7 Å². The first-order valence-electron chi connectivity index (χ1n) is 10.6. The lowest BCUT2D eigenvalue weighted by atomic mass is 9.97. The number of hydrogen-bond acceptors (Lipinski definition) is 5. The Balaban J connectivity index is 1.86. The summed E-state index contributed by atoms with van der Waals surface area (Å²) < 4.78 is 0. The fourth-order valence-electron chi connectivity index (χ4n) is 3.43. The highest BCUT2D eigenvalue weighted by Gasteiger charge is 2.19. The second-order valence-electron chi connectivity index (χ2n) is 7.96. The van der Waals surface area contributed by atoms with Crippen molar-refractivity contribution in [2.75, 3.05) is 11.1 Å². The van der Waals surface area contributed by atoms with Gasteiger partial charge >= 0.3 is 0 Å². The van der Waals surface area contributed by atoms with Crippen LogP contribution in [0.5, 0.6) is 0 Å². The molecular weight excluding hydrogens is 440 g/mol. The van der Waals surface area contributed by atoms with E-state index < -0.39 is 12.0 Å². The SMILES string of the molecule is CCc1cc(NC(=O)C(O)c2cccc(Cl)c2)ccc1-c1cnc(N)c(C(=O)NC(C)C)c1. The molecule has 0 bridgehead atoms. The zero-order chi connectivity index (χ0) is 24.1. The Kier molecular flexibility index (Phi) is 7.68. The molecule has 172 valence electrons. The number of carbonyl (C=O) groups is 2. The lowest BCUT2D eigenvalue weighted by molar-refractivity contribution is -0.124. The molecular formula is C25H27ClN4O3. The Labute approximate surface area is 198 Å². The maximum atomic E-state index is 12.6. The van der Waals surface area contributed by atoms with E-state index in [0.29, 0.717) is 28.3 Å². The molecule has 2 amide bonds. The third-order valence-corrected chi connectivity index (χ3v) is 5.30. The molecule has 0 spiro atoms. The molecule has 0 saturated carbocycles. The molecule has 0 aliphatic heterocycles. The summed E-state index contributed by atoms with van der Waals surface area (Å²) in [6.45, 7) is 5.73. The third-order valence-electron chi connectivity index (χ3n) is 5.06. The van der Waals surface area contributed by atoms with Crippen LogP contribution in [0.4, 0.5) is 11.5 Å². The van der Waals surface area contributed by atoms with Crippen LogP contribution in [0.3, 0.4) is 0 Å². The van der Waals surface area contributed by atoms with Crippen molar-refractivity contribution >= 4 is 34.9 Å². The van der Waals surface area contributed by atoms with Crippen molar-refractivity contribution in [2.24, 2.45) is 0 Å². The topological polar surface area (TPSA) is 117 Å². The first kappa shape index (κ1) is 24.2. The summed E-state index contributed by atoms with van der Waals surface area (Å²) in [5.41, 5.74) is 9.74. The molecule has 0 fully saturated rings. The van der Waals surface area contributed by atoms with Crippen LogP contribution in [0.15, 0.2) is 54.7 Å². The van der Waals surface area contributed by atoms with Gasteiger partial charge in [-0.3, -0.25) is 9.59 Å². The van der Waals surface area contributed by atoms with E-state index in [0.717, 1.165) is 16.7 Å². The molecule has 1 heterocycles. The molecule has 8 heteroatoms. The highest BCUT2D eigenvalue weighted by Crippen LogP contribution is 2.29. The third kappa shape index (κ3) is 5.88. The average molecular weight is 467 g/mol. The van der Waals surface area contributed by atoms with Crippen LogP contribution in [0.2, 0.25) is 5.02 Å². The number of anilines is 2. The fourth-order valence-corrected chi connectivity index (χ4v) is 3.63. The van der Waals surface area contributed by atoms with E-state index in [1.807, 2.05) is 32.9 Å². The minimum atomic E-state index is -1.35. The second kappa shape index (κ2) is 10.5. The van der Waals surface area contributed by atoms with Crippen molar-refractivity contribution in [1.29, 1.82) is 0 Å². The number of nitrogen functional groups attached to an aromatic ring is 1. The number of rotatable bonds is 7. The number of aryl methyl sites for hydroxylation is 1. The molecule has 0 radical (unpaired) electrons. The van der Waals surface area contributed by atoms with Crippen molar-refractivity contribution in [1.82, 2.24) is 10.3 Å². The van der Waals surface area contributed by atoms with Crippen molar-refractivity contribution < 1.29 is 14.7 Å². The van der Waals surface area contributed by atoms with Gasteiger partial charge in [-0.2, -0.15) is 0 Å². The van der Waals surface area contributed by atoms with Crippen LogP contribution in [0.25, 0.3) is 11.1 Å². The normalized spacial score (nSPS) is 11.8. The molecule has 2 aromatic carbocycles. The van der Waals surface area contributed by atoms with Gasteiger partial charge in [0.2, 0.25) is 0 Å². The summed E-state index contributed by atoms with van der Waals surface area (Å²) in [5.74, 6) is -0.684. The van der Waals surface area contributed by atoms with Crippen LogP contribution >= 0.6 is 11.6 Å². The molecule has 7 nitrogen and oxygen atoms in total. The lowest BCUT2D eigenvalue weighted by Crippen LogP contribution is -2.30. The fraction of sp³-hybridized carbons (Fsp3) is 0.240. The number of aromatic nitrogens is 1. The summed E-state index contributed by atoms with van der Waals surface area (Å²) >= 11 is 5.95. The number of nitrogens with two attached hydrogens (primary N) is 1. The van der Waals surface area contributed by atoms with Gasteiger partial charge in [0.15, 0.2) is 6.10 Å². The minimum Gasteiger partial charge on any atom is -0.383 e. The summed E-state index contributed by atoms with van der Waals surface area (Å²) in [4.78, 5) is 29.2. The maximum absolute atomic E-state index is 12.6. The summed E-state index contributed by atoms with van der Waals surface area (Å²) in [6.07, 6.45) is 0.946. The predicted octanol–water partition coefficient (Wildman–Crippen LogP) is 4.36. The number of amides is 2. The van der Waals surface area contributed by atoms with Crippen molar-refractivity contribution in [3.63, 3.8) is 0 Å². The standard InChI is InChI=1S/C25H27ClN4O3/c1-4-15-11-19(30-25(33)22(31)16-6-5-7-18(26)10-16)8-9-20(15)17-12-21(23(27)28-13-17)24(32)29-14(2)3/h5-14,22,31H,4H2,1-3H3,(H2,27,28)(H,29,32)(H,30,33). The van der Waals surface area contributed by atoms with E-state index in [9.17, 15) is 14.7 Å². The molecule has 3 aromatic rings. The molecule has 0 aliphatic carbocycles. The van der Waals surface area contributed by atoms with Gasteiger partial charge in [-0.15, -0.1) is 0 Å². The van der Waals surface area contributed by atoms with E-state index in [4.69, 9.17) is 17.3 Å². The molecule has 1 aromatic heterocycles. The molecule has 33 heavy (non-hydrogen) atoms. The first-order chi connectivity index (χ1) is 15.7. The van der Waals surface area contributed by atoms with Crippen molar-refractivity contribution in [3.8, 4) is 11.1 Å². The van der Waals surface area contributed by atoms with E-state index in [1.165, 1.54) is 0 Å². The first-order valence-corrected chi connectivity index (χ1v) is 11.0. The smallest absolute Gasteiger partial charge is 0.257 e. The van der Waals surface area contributed by atoms with Crippen LogP contribution in [-0.2, 0) is 11.2 Å². The lowest BCUT2D eigenvalue weighted by Gasteiger charge is -2.15. The van der Waals surface area contributed by atoms with Crippen molar-refractivity contribution in [3.05, 3.63) is 76.4 Å². The minimum absolute atomic E-state index is 0.0306. The number of benzene rings is 2. The van der Waals surface area contributed by atoms with Gasteiger partial charge < -0.3 is 21.5 Å². The highest BCUT2D eigenvalue weighted by atomic mass is 35.5. The van der Waals surface area contributed by atoms with Crippen LogP contribution in [-0.4, -0.2) is 27.9 Å². The molecule has 5 N–H and O–H groups in total. The zero-order valence-electron chi connectivity index (χ0n) is 18.7. The number of nitrogens with zero attached hydrogens (tertiary/aromatic N) is 1. The molecule has 1 atom stereocenters. The molecule has 0 saturated heterocycles. The van der Waals surface area contributed by atoms with Crippen molar-refractivity contribution in [2.45, 2.75) is 39.3 Å². The number of pyridine rings is 1. The monoisotopic (exact) mass is 466 g/mol. The number of hydrogen-bond donors (Lipinski definition) is 4.